The Kier molecular flexibility index (Phi) is 4.52. The van der Waals surface area contributed by atoms with Crippen LogP contribution in [0.25, 0.3) is 0 Å². The van der Waals surface area contributed by atoms with Gasteiger partial charge in [-0.05, 0) is 65.0 Å². The first-order valence-corrected chi connectivity index (χ1v) is 8.16. The first-order chi connectivity index (χ1) is 10.7. The lowest BCUT2D eigenvalue weighted by Crippen LogP contribution is -2.36. The zero-order chi connectivity index (χ0) is 15.5. The van der Waals surface area contributed by atoms with E-state index in [9.17, 15) is 4.79 Å². The van der Waals surface area contributed by atoms with Crippen molar-refractivity contribution >= 4 is 21.8 Å². The molecule has 2 heterocycles. The van der Waals surface area contributed by atoms with Crippen molar-refractivity contribution in [1.29, 1.82) is 0 Å². The highest BCUT2D eigenvalue weighted by Gasteiger charge is 2.31. The van der Waals surface area contributed by atoms with Gasteiger partial charge in [-0.2, -0.15) is 0 Å². The summed E-state index contributed by atoms with van der Waals surface area (Å²) in [6, 6.07) is 11.7. The van der Waals surface area contributed by atoms with Crippen LogP contribution in [0.15, 0.2) is 45.5 Å². The fourth-order valence-electron chi connectivity index (χ4n) is 2.96. The number of benzene rings is 1. The van der Waals surface area contributed by atoms with E-state index in [1.54, 1.807) is 19.2 Å². The standard InChI is InChI=1S/C17H18BrNO3/c1-21-14-6-2-4-12(11-14)10-13-5-3-9-19(13)17(20)15-7-8-16(18)22-15/h2,4,6-8,11,13H,3,5,9-10H2,1H3. The molecule has 116 valence electrons. The first-order valence-electron chi connectivity index (χ1n) is 7.36. The number of methoxy groups -OCH3 is 1. The molecule has 1 aliphatic heterocycles. The Hall–Kier alpha value is -1.75. The fourth-order valence-corrected chi connectivity index (χ4v) is 3.26. The van der Waals surface area contributed by atoms with Gasteiger partial charge in [0.05, 0.1) is 7.11 Å². The highest BCUT2D eigenvalue weighted by molar-refractivity contribution is 9.10. The van der Waals surface area contributed by atoms with Gasteiger partial charge in [-0.15, -0.1) is 0 Å². The Balaban J connectivity index is 1.74. The van der Waals surface area contributed by atoms with Crippen molar-refractivity contribution in [2.75, 3.05) is 13.7 Å². The molecular weight excluding hydrogens is 346 g/mol. The van der Waals surface area contributed by atoms with E-state index in [0.717, 1.165) is 31.6 Å². The number of nitrogens with zero attached hydrogens (tertiary/aromatic N) is 1. The van der Waals surface area contributed by atoms with Gasteiger partial charge in [0, 0.05) is 12.6 Å². The number of likely N-dealkylation sites (tertiary alicyclic amines) is 1. The smallest absolute Gasteiger partial charge is 0.289 e. The predicted octanol–water partition coefficient (Wildman–Crippen LogP) is 3.90. The Labute approximate surface area is 138 Å². The highest BCUT2D eigenvalue weighted by atomic mass is 79.9. The summed E-state index contributed by atoms with van der Waals surface area (Å²) in [6.07, 6.45) is 2.89. The normalized spacial score (nSPS) is 17.7. The van der Waals surface area contributed by atoms with E-state index < -0.39 is 0 Å². The Morgan fingerprint density at radius 2 is 2.27 bits per heavy atom. The molecule has 1 amide bonds. The minimum atomic E-state index is -0.0314. The third kappa shape index (κ3) is 3.19. The summed E-state index contributed by atoms with van der Waals surface area (Å²) in [5.74, 6) is 1.21. The second-order valence-electron chi connectivity index (χ2n) is 5.45. The van der Waals surface area contributed by atoms with Gasteiger partial charge in [0.15, 0.2) is 10.4 Å². The number of amides is 1. The topological polar surface area (TPSA) is 42.7 Å². The third-order valence-electron chi connectivity index (χ3n) is 4.03. The van der Waals surface area contributed by atoms with E-state index in [1.807, 2.05) is 23.1 Å². The van der Waals surface area contributed by atoms with Gasteiger partial charge in [0.25, 0.3) is 5.91 Å². The zero-order valence-corrected chi connectivity index (χ0v) is 14.0. The van der Waals surface area contributed by atoms with E-state index >= 15 is 0 Å². The average molecular weight is 364 g/mol. The zero-order valence-electron chi connectivity index (χ0n) is 12.4. The second kappa shape index (κ2) is 6.57. The molecule has 1 fully saturated rings. The minimum Gasteiger partial charge on any atom is -0.497 e. The Bertz CT molecular complexity index is 667. The summed E-state index contributed by atoms with van der Waals surface area (Å²) in [5.41, 5.74) is 1.18. The van der Waals surface area contributed by atoms with Crippen LogP contribution < -0.4 is 4.74 Å². The number of furan rings is 1. The molecule has 0 bridgehead atoms. The van der Waals surface area contributed by atoms with E-state index in [0.29, 0.717) is 10.4 Å². The van der Waals surface area contributed by atoms with Gasteiger partial charge in [-0.3, -0.25) is 4.79 Å². The number of halogens is 1. The van der Waals surface area contributed by atoms with Gasteiger partial charge in [-0.1, -0.05) is 12.1 Å². The molecule has 0 radical (unpaired) electrons. The van der Waals surface area contributed by atoms with Crippen molar-refractivity contribution in [3.63, 3.8) is 0 Å². The maximum Gasteiger partial charge on any atom is 0.289 e. The molecule has 1 saturated heterocycles. The molecule has 0 aliphatic carbocycles. The van der Waals surface area contributed by atoms with Crippen LogP contribution in [0.3, 0.4) is 0 Å². The number of carbonyl (C=O) groups is 1. The lowest BCUT2D eigenvalue weighted by molar-refractivity contribution is 0.0703. The van der Waals surface area contributed by atoms with Gasteiger partial charge in [0.2, 0.25) is 0 Å². The summed E-state index contributed by atoms with van der Waals surface area (Å²) >= 11 is 3.24. The van der Waals surface area contributed by atoms with Crippen LogP contribution in [-0.4, -0.2) is 30.5 Å². The second-order valence-corrected chi connectivity index (χ2v) is 6.24. The van der Waals surface area contributed by atoms with Crippen LogP contribution in [0.1, 0.15) is 29.0 Å². The molecule has 1 aromatic heterocycles. The summed E-state index contributed by atoms with van der Waals surface area (Å²) in [5, 5.41) is 0. The molecule has 1 atom stereocenters. The van der Waals surface area contributed by atoms with E-state index in [-0.39, 0.29) is 11.9 Å². The first kappa shape index (κ1) is 15.2. The van der Waals surface area contributed by atoms with Crippen molar-refractivity contribution < 1.29 is 13.9 Å². The van der Waals surface area contributed by atoms with E-state index in [1.165, 1.54) is 5.56 Å². The quantitative estimate of drug-likeness (QED) is 0.827. The maximum atomic E-state index is 12.6. The van der Waals surface area contributed by atoms with Gasteiger partial charge in [-0.25, -0.2) is 0 Å². The minimum absolute atomic E-state index is 0.0314. The van der Waals surface area contributed by atoms with Crippen LogP contribution in [0.2, 0.25) is 0 Å². The van der Waals surface area contributed by atoms with Crippen LogP contribution in [0.5, 0.6) is 5.75 Å². The van der Waals surface area contributed by atoms with Crippen LogP contribution >= 0.6 is 15.9 Å². The van der Waals surface area contributed by atoms with Crippen LogP contribution in [0.4, 0.5) is 0 Å². The monoisotopic (exact) mass is 363 g/mol. The third-order valence-corrected chi connectivity index (χ3v) is 4.45. The molecule has 1 aromatic carbocycles. The SMILES string of the molecule is COc1cccc(CC2CCCN2C(=O)c2ccc(Br)o2)c1. The van der Waals surface area contributed by atoms with Crippen molar-refractivity contribution in [3.8, 4) is 5.75 Å². The number of ether oxygens (including phenoxy) is 1. The van der Waals surface area contributed by atoms with Crippen molar-refractivity contribution in [2.24, 2.45) is 0 Å². The molecule has 22 heavy (non-hydrogen) atoms. The number of hydrogen-bond donors (Lipinski definition) is 0. The molecule has 4 nitrogen and oxygen atoms in total. The molecule has 1 unspecified atom stereocenters. The molecule has 5 heteroatoms. The van der Waals surface area contributed by atoms with Gasteiger partial charge in [0.1, 0.15) is 5.75 Å². The van der Waals surface area contributed by atoms with Gasteiger partial charge < -0.3 is 14.1 Å². The largest absolute Gasteiger partial charge is 0.497 e. The molecule has 2 aromatic rings. The van der Waals surface area contributed by atoms with Crippen LogP contribution in [-0.2, 0) is 6.42 Å². The molecule has 0 N–H and O–H groups in total. The summed E-state index contributed by atoms with van der Waals surface area (Å²) in [7, 11) is 1.67. The molecule has 0 saturated carbocycles. The lowest BCUT2D eigenvalue weighted by Gasteiger charge is -2.24. The van der Waals surface area contributed by atoms with Gasteiger partial charge >= 0.3 is 0 Å². The molecule has 1 aliphatic rings. The van der Waals surface area contributed by atoms with Crippen LogP contribution in [0, 0.1) is 0 Å². The fraction of sp³-hybridized carbons (Fsp3) is 0.353. The predicted molar refractivity (Wildman–Crippen MR) is 87.2 cm³/mol. The average Bonchev–Trinajstić information content (AvgIpc) is 3.16. The van der Waals surface area contributed by atoms with Crippen molar-refractivity contribution in [2.45, 2.75) is 25.3 Å². The summed E-state index contributed by atoms with van der Waals surface area (Å²) in [6.45, 7) is 0.784. The Morgan fingerprint density at radius 3 is 3.00 bits per heavy atom. The summed E-state index contributed by atoms with van der Waals surface area (Å²) < 4.78 is 11.2. The maximum absolute atomic E-state index is 12.6. The molecule has 3 rings (SSSR count). The number of carbonyl (C=O) groups excluding carboxylic acids is 1. The number of hydrogen-bond acceptors (Lipinski definition) is 3. The van der Waals surface area contributed by atoms with E-state index in [4.69, 9.17) is 9.15 Å². The Morgan fingerprint density at radius 1 is 1.41 bits per heavy atom. The number of rotatable bonds is 4. The lowest BCUT2D eigenvalue weighted by atomic mass is 10.0. The van der Waals surface area contributed by atoms with E-state index in [2.05, 4.69) is 22.0 Å². The summed E-state index contributed by atoms with van der Waals surface area (Å²) in [4.78, 5) is 14.5. The van der Waals surface area contributed by atoms with Crippen molar-refractivity contribution in [3.05, 3.63) is 52.4 Å². The molecular formula is C17H18BrNO3. The highest BCUT2D eigenvalue weighted by Crippen LogP contribution is 2.26. The molecule has 0 spiro atoms. The van der Waals surface area contributed by atoms with Crippen molar-refractivity contribution in [1.82, 2.24) is 4.90 Å².